The molecule has 0 saturated carbocycles. The number of carboxylic acids is 1. The van der Waals surface area contributed by atoms with E-state index < -0.39 is 5.97 Å². The Hall–Kier alpha value is -1.26. The number of ether oxygens (including phenoxy) is 1. The second-order valence-corrected chi connectivity index (χ2v) is 19.4. The van der Waals surface area contributed by atoms with Crippen molar-refractivity contribution in [3.8, 4) is 0 Å². The van der Waals surface area contributed by atoms with Gasteiger partial charge in [0.05, 0.1) is 15.8 Å². The van der Waals surface area contributed by atoms with Gasteiger partial charge in [0.2, 0.25) is 0 Å². The van der Waals surface area contributed by atoms with E-state index in [9.17, 15) is 9.59 Å². The highest BCUT2D eigenvalue weighted by atomic mass is 32.2. The van der Waals surface area contributed by atoms with E-state index in [1.165, 1.54) is 41.9 Å². The molecule has 2 saturated heterocycles. The van der Waals surface area contributed by atoms with Gasteiger partial charge in [-0.05, 0) is 85.8 Å². The molecule has 2 aliphatic heterocycles. The van der Waals surface area contributed by atoms with Crippen molar-refractivity contribution in [1.29, 1.82) is 0 Å². The van der Waals surface area contributed by atoms with Gasteiger partial charge in [-0.1, -0.05) is 101 Å². The Morgan fingerprint density at radius 2 is 1.18 bits per heavy atom. The van der Waals surface area contributed by atoms with Gasteiger partial charge in [-0.15, -0.1) is 47.0 Å². The van der Waals surface area contributed by atoms with Crippen LogP contribution in [0.2, 0.25) is 0 Å². The molecule has 2 heterocycles. The van der Waals surface area contributed by atoms with Crippen molar-refractivity contribution in [2.24, 2.45) is 11.8 Å². The Morgan fingerprint density at radius 3 is 1.59 bits per heavy atom. The molecule has 0 bridgehead atoms. The van der Waals surface area contributed by atoms with Crippen LogP contribution in [0.15, 0.2) is 60.7 Å². The average molecular weight is 751 g/mol. The number of aliphatic hydroxyl groups excluding tert-OH is 1. The van der Waals surface area contributed by atoms with Crippen molar-refractivity contribution >= 4 is 59.0 Å². The Bertz CT molecular complexity index is 1120. The molecule has 276 valence electrons. The van der Waals surface area contributed by atoms with E-state index in [0.29, 0.717) is 52.3 Å². The number of aliphatic carboxylic acids is 1. The maximum Gasteiger partial charge on any atom is 0.305 e. The topological polar surface area (TPSA) is 83.8 Å². The standard InChI is InChI=1S/C20H30O2S2.C15H20O2S2.C5H12O/c1-16(2)12-14-22-19(21)11-7-6-10-18-13-15-23-20(24-18)17-8-4-3-5-9-17;16-14(17)9-5-4-8-13-10-11-18-15(19-13)12-6-2-1-3-7-12;1-5(2)3-4-6/h3-5,8-9,16,18,20H,6-7,10-15H2,1-2H3;1-3,6-7,13,15H,4-5,8-11H2,(H,16,17);5-6H,3-4H2,1-2H3. The van der Waals surface area contributed by atoms with Gasteiger partial charge in [0.15, 0.2) is 0 Å². The molecule has 2 aliphatic rings. The molecule has 2 N–H and O–H groups in total. The fourth-order valence-electron chi connectivity index (χ4n) is 5.20. The van der Waals surface area contributed by atoms with Crippen molar-refractivity contribution < 1.29 is 24.5 Å². The molecule has 0 amide bonds. The summed E-state index contributed by atoms with van der Waals surface area (Å²) in [6.07, 6.45) is 11.6. The van der Waals surface area contributed by atoms with Crippen LogP contribution in [0.25, 0.3) is 0 Å². The quantitative estimate of drug-likeness (QED) is 0.121. The summed E-state index contributed by atoms with van der Waals surface area (Å²) in [5, 5.41) is 18.3. The highest BCUT2D eigenvalue weighted by Crippen LogP contribution is 2.49. The second kappa shape index (κ2) is 27.4. The summed E-state index contributed by atoms with van der Waals surface area (Å²) in [5.41, 5.74) is 2.85. The molecule has 9 heteroatoms. The molecule has 0 radical (unpaired) electrons. The monoisotopic (exact) mass is 750 g/mol. The number of carbonyl (C=O) groups is 2. The summed E-state index contributed by atoms with van der Waals surface area (Å²) in [4.78, 5) is 22.2. The lowest BCUT2D eigenvalue weighted by atomic mass is 10.1. The van der Waals surface area contributed by atoms with Gasteiger partial charge in [0, 0.05) is 29.9 Å². The minimum Gasteiger partial charge on any atom is -0.481 e. The third-order valence-corrected chi connectivity index (χ3v) is 14.5. The maximum absolute atomic E-state index is 11.7. The molecule has 4 atom stereocenters. The van der Waals surface area contributed by atoms with Gasteiger partial charge >= 0.3 is 11.9 Å². The highest BCUT2D eigenvalue weighted by Gasteiger charge is 2.25. The predicted molar refractivity (Wildman–Crippen MR) is 217 cm³/mol. The second-order valence-electron chi connectivity index (χ2n) is 13.5. The molecule has 0 spiro atoms. The van der Waals surface area contributed by atoms with Crippen LogP contribution >= 0.6 is 47.0 Å². The fraction of sp³-hybridized carbons (Fsp3) is 0.650. The van der Waals surface area contributed by atoms with Crippen LogP contribution in [0.3, 0.4) is 0 Å². The number of hydrogen-bond donors (Lipinski definition) is 2. The number of unbranched alkanes of at least 4 members (excludes halogenated alkanes) is 2. The van der Waals surface area contributed by atoms with Gasteiger partial charge in [-0.25, -0.2) is 0 Å². The lowest BCUT2D eigenvalue weighted by molar-refractivity contribution is -0.144. The molecule has 0 aromatic heterocycles. The molecule has 2 aromatic carbocycles. The Morgan fingerprint density at radius 1 is 0.714 bits per heavy atom. The van der Waals surface area contributed by atoms with E-state index in [2.05, 4.69) is 124 Å². The van der Waals surface area contributed by atoms with Crippen molar-refractivity contribution in [1.82, 2.24) is 0 Å². The van der Waals surface area contributed by atoms with Crippen LogP contribution in [-0.4, -0.2) is 57.4 Å². The largest absolute Gasteiger partial charge is 0.481 e. The summed E-state index contributed by atoms with van der Waals surface area (Å²) in [7, 11) is 0. The van der Waals surface area contributed by atoms with Crippen molar-refractivity contribution in [3.63, 3.8) is 0 Å². The molecule has 49 heavy (non-hydrogen) atoms. The van der Waals surface area contributed by atoms with E-state index in [0.717, 1.165) is 50.2 Å². The van der Waals surface area contributed by atoms with Crippen molar-refractivity contribution in [2.45, 2.75) is 124 Å². The van der Waals surface area contributed by atoms with E-state index >= 15 is 0 Å². The Kier molecular flexibility index (Phi) is 24.5. The first-order valence-electron chi connectivity index (χ1n) is 18.3. The summed E-state index contributed by atoms with van der Waals surface area (Å²) < 4.78 is 6.40. The zero-order chi connectivity index (χ0) is 35.7. The molecule has 5 nitrogen and oxygen atoms in total. The number of aliphatic hydroxyl groups is 1. The number of hydrogen-bond acceptors (Lipinski definition) is 8. The summed E-state index contributed by atoms with van der Waals surface area (Å²) >= 11 is 8.26. The van der Waals surface area contributed by atoms with E-state index in [-0.39, 0.29) is 5.97 Å². The molecule has 4 unspecified atom stereocenters. The first kappa shape index (κ1) is 43.9. The minimum atomic E-state index is -0.672. The summed E-state index contributed by atoms with van der Waals surface area (Å²) in [6.45, 7) is 9.39. The first-order valence-corrected chi connectivity index (χ1v) is 22.3. The predicted octanol–water partition coefficient (Wildman–Crippen LogP) is 11.7. The highest BCUT2D eigenvalue weighted by molar-refractivity contribution is 8.17. The van der Waals surface area contributed by atoms with Crippen LogP contribution in [-0.2, 0) is 14.3 Å². The van der Waals surface area contributed by atoms with Crippen LogP contribution in [0.5, 0.6) is 0 Å². The van der Waals surface area contributed by atoms with Gasteiger partial charge in [0.1, 0.15) is 0 Å². The average Bonchev–Trinajstić information content (AvgIpc) is 3.10. The summed E-state index contributed by atoms with van der Waals surface area (Å²) in [5.74, 6) is 3.01. The zero-order valence-electron chi connectivity index (χ0n) is 30.3. The Balaban J connectivity index is 0.000000297. The molecule has 4 rings (SSSR count). The summed E-state index contributed by atoms with van der Waals surface area (Å²) in [6, 6.07) is 21.5. The van der Waals surface area contributed by atoms with Crippen molar-refractivity contribution in [3.05, 3.63) is 71.8 Å². The van der Waals surface area contributed by atoms with Crippen LogP contribution < -0.4 is 0 Å². The smallest absolute Gasteiger partial charge is 0.305 e. The zero-order valence-corrected chi connectivity index (χ0v) is 33.6. The minimum absolute atomic E-state index is 0.0235. The lowest BCUT2D eigenvalue weighted by Gasteiger charge is -2.28. The van der Waals surface area contributed by atoms with E-state index in [1.54, 1.807) is 0 Å². The lowest BCUT2D eigenvalue weighted by Crippen LogP contribution is -2.13. The maximum atomic E-state index is 11.7. The van der Waals surface area contributed by atoms with Gasteiger partial charge in [-0.3, -0.25) is 9.59 Å². The normalized spacial score (nSPS) is 20.5. The number of thioether (sulfide) groups is 4. The van der Waals surface area contributed by atoms with E-state index in [1.807, 2.05) is 11.8 Å². The third kappa shape index (κ3) is 21.6. The van der Waals surface area contributed by atoms with E-state index in [4.69, 9.17) is 14.9 Å². The van der Waals surface area contributed by atoms with Gasteiger partial charge in [0.25, 0.3) is 0 Å². The van der Waals surface area contributed by atoms with Crippen molar-refractivity contribution in [2.75, 3.05) is 24.7 Å². The Labute approximate surface area is 314 Å². The van der Waals surface area contributed by atoms with Gasteiger partial charge in [-0.2, -0.15) is 0 Å². The third-order valence-electron chi connectivity index (χ3n) is 8.18. The van der Waals surface area contributed by atoms with Crippen LogP contribution in [0, 0.1) is 11.8 Å². The molecule has 0 aliphatic carbocycles. The SMILES string of the molecule is CC(C)CCO.CC(C)CCOC(=O)CCCCC1CCSC(c2ccccc2)S1.O=C(O)CCCCC1CCSC(c2ccccc2)S1. The fourth-order valence-corrected chi connectivity index (χ4v) is 12.1. The number of rotatable bonds is 17. The molecular formula is C40H62O5S4. The number of esters is 1. The number of carboxylic acid groups (broad SMARTS) is 1. The molecular weight excluding hydrogens is 689 g/mol. The first-order chi connectivity index (χ1) is 23.7. The number of benzene rings is 2. The molecule has 2 aromatic rings. The van der Waals surface area contributed by atoms with Crippen LogP contribution in [0.1, 0.15) is 125 Å². The van der Waals surface area contributed by atoms with Crippen LogP contribution in [0.4, 0.5) is 0 Å². The molecule has 2 fully saturated rings. The van der Waals surface area contributed by atoms with Gasteiger partial charge < -0.3 is 14.9 Å². The number of carbonyl (C=O) groups excluding carboxylic acids is 1.